The molecule has 1 fully saturated rings. The topological polar surface area (TPSA) is 40.6 Å². The molecule has 1 aliphatic carbocycles. The van der Waals surface area contributed by atoms with Crippen LogP contribution in [-0.2, 0) is 12.1 Å². The largest absolute Gasteiger partial charge is 0.297 e. The van der Waals surface area contributed by atoms with E-state index in [4.69, 9.17) is 0 Å². The third kappa shape index (κ3) is 3.62. The second kappa shape index (κ2) is 8.61. The summed E-state index contributed by atoms with van der Waals surface area (Å²) in [6.45, 7) is 12.2. The number of Topliss-reactive ketones (excluding diaryl/α,β-unsaturated/α-hetero) is 2. The standard InChI is InChI=1S/C30H32N2O2/c1-20-9-10-24(23(4)16-20)19-31-11-13-32(14-12-31)30(25-17-21(2)15-22(3)18-25)28(33)26-7-5-6-8-27(26)29(30)34/h5-10,15-18H,11-14,19H2,1-4H3. The van der Waals surface area contributed by atoms with Crippen LogP contribution in [0.25, 0.3) is 0 Å². The first-order valence-electron chi connectivity index (χ1n) is 12.1. The van der Waals surface area contributed by atoms with E-state index >= 15 is 0 Å². The fourth-order valence-corrected chi connectivity index (χ4v) is 5.79. The maximum absolute atomic E-state index is 14.0. The van der Waals surface area contributed by atoms with Crippen molar-refractivity contribution in [1.29, 1.82) is 0 Å². The molecule has 174 valence electrons. The summed E-state index contributed by atoms with van der Waals surface area (Å²) in [6.07, 6.45) is 0. The molecule has 0 bridgehead atoms. The van der Waals surface area contributed by atoms with Crippen molar-refractivity contribution >= 4 is 11.6 Å². The van der Waals surface area contributed by atoms with E-state index in [-0.39, 0.29) is 11.6 Å². The van der Waals surface area contributed by atoms with Gasteiger partial charge in [-0.15, -0.1) is 0 Å². The van der Waals surface area contributed by atoms with Crippen LogP contribution in [0.5, 0.6) is 0 Å². The van der Waals surface area contributed by atoms with Crippen LogP contribution in [0.3, 0.4) is 0 Å². The summed E-state index contributed by atoms with van der Waals surface area (Å²) in [4.78, 5) is 32.6. The predicted octanol–water partition coefficient (Wildman–Crippen LogP) is 5.01. The third-order valence-electron chi connectivity index (χ3n) is 7.45. The number of benzene rings is 3. The Kier molecular flexibility index (Phi) is 5.75. The van der Waals surface area contributed by atoms with E-state index < -0.39 is 5.54 Å². The lowest BCUT2D eigenvalue weighted by atomic mass is 9.81. The second-order valence-electron chi connectivity index (χ2n) is 9.98. The second-order valence-corrected chi connectivity index (χ2v) is 9.98. The molecule has 34 heavy (non-hydrogen) atoms. The van der Waals surface area contributed by atoms with Gasteiger partial charge in [-0.2, -0.15) is 0 Å². The molecule has 0 saturated carbocycles. The van der Waals surface area contributed by atoms with Crippen LogP contribution in [0.4, 0.5) is 0 Å². The summed E-state index contributed by atoms with van der Waals surface area (Å²) >= 11 is 0. The summed E-state index contributed by atoms with van der Waals surface area (Å²) in [5.41, 5.74) is 6.69. The molecule has 3 aromatic rings. The number of carbonyl (C=O) groups excluding carboxylic acids is 2. The highest BCUT2D eigenvalue weighted by Gasteiger charge is 2.58. The Labute approximate surface area is 202 Å². The fourth-order valence-electron chi connectivity index (χ4n) is 5.79. The number of hydrogen-bond acceptors (Lipinski definition) is 4. The molecule has 0 aromatic heterocycles. The number of ketones is 2. The van der Waals surface area contributed by atoms with Gasteiger partial charge < -0.3 is 0 Å². The van der Waals surface area contributed by atoms with Crippen molar-refractivity contribution in [2.75, 3.05) is 26.2 Å². The maximum atomic E-state index is 14.0. The lowest BCUT2D eigenvalue weighted by molar-refractivity contribution is 0.0279. The molecule has 2 aliphatic rings. The zero-order valence-electron chi connectivity index (χ0n) is 20.5. The average Bonchev–Trinajstić information content (AvgIpc) is 3.03. The maximum Gasteiger partial charge on any atom is 0.196 e. The highest BCUT2D eigenvalue weighted by atomic mass is 16.2. The van der Waals surface area contributed by atoms with Gasteiger partial charge in [-0.25, -0.2) is 0 Å². The molecular formula is C30H32N2O2. The van der Waals surface area contributed by atoms with E-state index in [1.807, 2.05) is 38.1 Å². The van der Waals surface area contributed by atoms with Crippen LogP contribution in [0.2, 0.25) is 0 Å². The van der Waals surface area contributed by atoms with E-state index in [0.29, 0.717) is 24.2 Å². The number of nitrogens with zero attached hydrogens (tertiary/aromatic N) is 2. The molecule has 1 aliphatic heterocycles. The van der Waals surface area contributed by atoms with Crippen molar-refractivity contribution < 1.29 is 9.59 Å². The van der Waals surface area contributed by atoms with Crippen LogP contribution in [0.1, 0.15) is 54.1 Å². The third-order valence-corrected chi connectivity index (χ3v) is 7.45. The van der Waals surface area contributed by atoms with Crippen molar-refractivity contribution in [2.45, 2.75) is 39.8 Å². The molecule has 1 saturated heterocycles. The van der Waals surface area contributed by atoms with Gasteiger partial charge in [-0.3, -0.25) is 19.4 Å². The summed E-state index contributed by atoms with van der Waals surface area (Å²) in [5, 5.41) is 0. The van der Waals surface area contributed by atoms with Gasteiger partial charge in [0.25, 0.3) is 0 Å². The molecule has 0 unspecified atom stereocenters. The number of fused-ring (bicyclic) bond motifs is 1. The van der Waals surface area contributed by atoms with Crippen molar-refractivity contribution in [1.82, 2.24) is 9.80 Å². The van der Waals surface area contributed by atoms with Gasteiger partial charge in [0.2, 0.25) is 0 Å². The van der Waals surface area contributed by atoms with E-state index in [9.17, 15) is 9.59 Å². The zero-order chi connectivity index (χ0) is 24.0. The number of piperazine rings is 1. The smallest absolute Gasteiger partial charge is 0.196 e. The summed E-state index contributed by atoms with van der Waals surface area (Å²) < 4.78 is 0. The highest BCUT2D eigenvalue weighted by molar-refractivity contribution is 6.32. The Morgan fingerprint density at radius 3 is 1.85 bits per heavy atom. The number of hydrogen-bond donors (Lipinski definition) is 0. The van der Waals surface area contributed by atoms with Crippen molar-refractivity contribution in [3.63, 3.8) is 0 Å². The summed E-state index contributed by atoms with van der Waals surface area (Å²) in [6, 6.07) is 20.1. The monoisotopic (exact) mass is 452 g/mol. The summed E-state index contributed by atoms with van der Waals surface area (Å²) in [7, 11) is 0. The number of carbonyl (C=O) groups is 2. The molecule has 4 heteroatoms. The Morgan fingerprint density at radius 2 is 1.29 bits per heavy atom. The van der Waals surface area contributed by atoms with Gasteiger partial charge in [0.15, 0.2) is 17.1 Å². The average molecular weight is 453 g/mol. The molecule has 3 aromatic carbocycles. The van der Waals surface area contributed by atoms with Crippen LogP contribution < -0.4 is 0 Å². The lowest BCUT2D eigenvalue weighted by Crippen LogP contribution is -2.60. The first-order valence-corrected chi connectivity index (χ1v) is 12.1. The van der Waals surface area contributed by atoms with Gasteiger partial charge in [-0.1, -0.05) is 77.4 Å². The van der Waals surface area contributed by atoms with E-state index in [1.165, 1.54) is 16.7 Å². The minimum Gasteiger partial charge on any atom is -0.297 e. The predicted molar refractivity (Wildman–Crippen MR) is 135 cm³/mol. The van der Waals surface area contributed by atoms with Crippen LogP contribution >= 0.6 is 0 Å². The molecule has 5 rings (SSSR count). The molecule has 0 N–H and O–H groups in total. The Morgan fingerprint density at radius 1 is 0.706 bits per heavy atom. The van der Waals surface area contributed by atoms with Gasteiger partial charge >= 0.3 is 0 Å². The Hall–Kier alpha value is -3.08. The van der Waals surface area contributed by atoms with Gasteiger partial charge in [0.1, 0.15) is 0 Å². The van der Waals surface area contributed by atoms with E-state index in [1.54, 1.807) is 12.1 Å². The van der Waals surface area contributed by atoms with Crippen LogP contribution in [-0.4, -0.2) is 47.5 Å². The Bertz CT molecular complexity index is 1230. The normalized spacial score (nSPS) is 18.4. The van der Waals surface area contributed by atoms with Crippen molar-refractivity contribution in [2.24, 2.45) is 0 Å². The van der Waals surface area contributed by atoms with Gasteiger partial charge in [0, 0.05) is 43.9 Å². The Balaban J connectivity index is 1.48. The minimum atomic E-state index is -1.27. The molecule has 0 amide bonds. The summed E-state index contributed by atoms with van der Waals surface area (Å²) in [5.74, 6) is -0.165. The number of aryl methyl sites for hydroxylation is 4. The van der Waals surface area contributed by atoms with E-state index in [2.05, 4.69) is 47.9 Å². The lowest BCUT2D eigenvalue weighted by Gasteiger charge is -2.44. The molecule has 1 heterocycles. The van der Waals surface area contributed by atoms with Crippen molar-refractivity contribution in [3.8, 4) is 0 Å². The first-order chi connectivity index (χ1) is 16.3. The van der Waals surface area contributed by atoms with Gasteiger partial charge in [-0.05, 0) is 44.4 Å². The van der Waals surface area contributed by atoms with Crippen molar-refractivity contribution in [3.05, 3.63) is 105 Å². The van der Waals surface area contributed by atoms with Crippen LogP contribution in [0.15, 0.2) is 60.7 Å². The molecule has 0 spiro atoms. The molecule has 0 radical (unpaired) electrons. The first kappa shape index (κ1) is 22.7. The molecule has 4 nitrogen and oxygen atoms in total. The zero-order valence-corrected chi connectivity index (χ0v) is 20.5. The highest BCUT2D eigenvalue weighted by Crippen LogP contribution is 2.43. The quantitative estimate of drug-likeness (QED) is 0.522. The SMILES string of the molecule is Cc1cc(C)cc(C2(N3CCN(Cc4ccc(C)cc4C)CC3)C(=O)c3ccccc3C2=O)c1. The van der Waals surface area contributed by atoms with E-state index in [0.717, 1.165) is 36.3 Å². The molecule has 0 atom stereocenters. The molecular weight excluding hydrogens is 420 g/mol. The van der Waals surface area contributed by atoms with Gasteiger partial charge in [0.05, 0.1) is 0 Å². The number of rotatable bonds is 4. The van der Waals surface area contributed by atoms with Crippen LogP contribution in [0, 0.1) is 27.7 Å². The minimum absolute atomic E-state index is 0.0825. The fraction of sp³-hybridized carbons (Fsp3) is 0.333.